The normalized spacial score (nSPS) is 12.8. The molecule has 5 heteroatoms. The second-order valence-corrected chi connectivity index (χ2v) is 2.56. The van der Waals surface area contributed by atoms with Crippen LogP contribution in [0.2, 0.25) is 0 Å². The van der Waals surface area contributed by atoms with E-state index in [9.17, 15) is 4.79 Å². The number of hydrogen-bond acceptors (Lipinski definition) is 3. The largest absolute Gasteiger partial charge is 0.480 e. The van der Waals surface area contributed by atoms with Gasteiger partial charge in [0.1, 0.15) is 6.04 Å². The predicted molar refractivity (Wildman–Crippen MR) is 41.7 cm³/mol. The average Bonchev–Trinajstić information content (AvgIpc) is 2.50. The third-order valence-electron chi connectivity index (χ3n) is 1.67. The molecular weight excluding hydrogens is 158 g/mol. The number of nitrogens with zero attached hydrogens (tertiary/aromatic N) is 3. The van der Waals surface area contributed by atoms with Crippen LogP contribution in [0.5, 0.6) is 0 Å². The van der Waals surface area contributed by atoms with Crippen molar-refractivity contribution in [2.45, 2.75) is 26.3 Å². The number of aliphatic carboxylic acids is 1. The Morgan fingerprint density at radius 2 is 2.50 bits per heavy atom. The van der Waals surface area contributed by atoms with E-state index in [0.29, 0.717) is 0 Å². The molecule has 1 rings (SSSR count). The maximum atomic E-state index is 10.5. The van der Waals surface area contributed by atoms with Crippen molar-refractivity contribution >= 4 is 5.97 Å². The minimum atomic E-state index is -0.900. The van der Waals surface area contributed by atoms with Gasteiger partial charge in [-0.05, 0) is 13.3 Å². The lowest BCUT2D eigenvalue weighted by Gasteiger charge is -2.03. The number of carboxylic acid groups (broad SMARTS) is 1. The Morgan fingerprint density at radius 3 is 2.92 bits per heavy atom. The van der Waals surface area contributed by atoms with Crippen LogP contribution < -0.4 is 0 Å². The lowest BCUT2D eigenvalue weighted by molar-refractivity contribution is -0.140. The van der Waals surface area contributed by atoms with E-state index in [-0.39, 0.29) is 0 Å². The molecule has 0 saturated carbocycles. The van der Waals surface area contributed by atoms with Crippen LogP contribution in [0.25, 0.3) is 0 Å². The molecule has 0 spiro atoms. The molecule has 0 radical (unpaired) electrons. The minimum absolute atomic E-state index is 0.641. The van der Waals surface area contributed by atoms with Gasteiger partial charge in [0.25, 0.3) is 0 Å². The Morgan fingerprint density at radius 1 is 1.83 bits per heavy atom. The third kappa shape index (κ3) is 1.61. The molecule has 0 fully saturated rings. The van der Waals surface area contributed by atoms with Crippen LogP contribution in [-0.2, 0) is 11.2 Å². The molecule has 0 saturated heterocycles. The Bertz CT molecular complexity index is 282. The summed E-state index contributed by atoms with van der Waals surface area (Å²) in [7, 11) is 0. The summed E-state index contributed by atoms with van der Waals surface area (Å²) in [5.74, 6) is -0.900. The first kappa shape index (κ1) is 8.70. The highest BCUT2D eigenvalue weighted by atomic mass is 16.4. The smallest absolute Gasteiger partial charge is 0.328 e. The van der Waals surface area contributed by atoms with Crippen molar-refractivity contribution in [3.63, 3.8) is 0 Å². The second kappa shape index (κ2) is 3.34. The fourth-order valence-corrected chi connectivity index (χ4v) is 0.778. The number of aromatic nitrogens is 3. The Hall–Kier alpha value is -1.39. The maximum Gasteiger partial charge on any atom is 0.328 e. The van der Waals surface area contributed by atoms with Gasteiger partial charge in [-0.3, -0.25) is 0 Å². The minimum Gasteiger partial charge on any atom is -0.480 e. The molecule has 0 aliphatic heterocycles. The summed E-state index contributed by atoms with van der Waals surface area (Å²) in [6.07, 6.45) is 2.42. The van der Waals surface area contributed by atoms with Crippen molar-refractivity contribution < 1.29 is 9.90 Å². The third-order valence-corrected chi connectivity index (χ3v) is 1.67. The van der Waals surface area contributed by atoms with Crippen molar-refractivity contribution in [2.75, 3.05) is 0 Å². The zero-order valence-corrected chi connectivity index (χ0v) is 7.06. The van der Waals surface area contributed by atoms with Crippen LogP contribution in [0.3, 0.4) is 0 Å². The summed E-state index contributed by atoms with van der Waals surface area (Å²) in [5.41, 5.74) is 0.808. The van der Waals surface area contributed by atoms with Gasteiger partial charge in [-0.2, -0.15) is 0 Å². The van der Waals surface area contributed by atoms with Crippen molar-refractivity contribution in [1.29, 1.82) is 0 Å². The van der Waals surface area contributed by atoms with E-state index in [2.05, 4.69) is 10.3 Å². The first-order chi connectivity index (χ1) is 5.65. The SMILES string of the molecule is CCc1cn(C(C)C(=O)O)nn1. The molecule has 1 N–H and O–H groups in total. The van der Waals surface area contributed by atoms with Crippen LogP contribution in [0.1, 0.15) is 25.6 Å². The zero-order chi connectivity index (χ0) is 9.14. The van der Waals surface area contributed by atoms with Gasteiger partial charge < -0.3 is 5.11 Å². The Kier molecular flexibility index (Phi) is 2.42. The van der Waals surface area contributed by atoms with Gasteiger partial charge in [0.15, 0.2) is 0 Å². The van der Waals surface area contributed by atoms with Crippen molar-refractivity contribution in [3.8, 4) is 0 Å². The average molecular weight is 169 g/mol. The number of rotatable bonds is 3. The maximum absolute atomic E-state index is 10.5. The fourth-order valence-electron chi connectivity index (χ4n) is 0.778. The molecule has 1 unspecified atom stereocenters. The van der Waals surface area contributed by atoms with Gasteiger partial charge in [0, 0.05) is 6.20 Å². The molecular formula is C7H11N3O2. The fraction of sp³-hybridized carbons (Fsp3) is 0.571. The van der Waals surface area contributed by atoms with E-state index in [1.54, 1.807) is 13.1 Å². The Balaban J connectivity index is 2.81. The Labute approximate surface area is 70.0 Å². The van der Waals surface area contributed by atoms with Crippen LogP contribution >= 0.6 is 0 Å². The topological polar surface area (TPSA) is 68.0 Å². The van der Waals surface area contributed by atoms with Gasteiger partial charge in [0.05, 0.1) is 5.69 Å². The van der Waals surface area contributed by atoms with E-state index in [1.165, 1.54) is 4.68 Å². The van der Waals surface area contributed by atoms with E-state index in [1.807, 2.05) is 6.92 Å². The molecule has 1 aromatic heterocycles. The molecule has 0 aliphatic rings. The zero-order valence-electron chi connectivity index (χ0n) is 7.06. The first-order valence-electron chi connectivity index (χ1n) is 3.78. The van der Waals surface area contributed by atoms with Crippen LogP contribution in [0, 0.1) is 0 Å². The van der Waals surface area contributed by atoms with Crippen molar-refractivity contribution in [3.05, 3.63) is 11.9 Å². The number of carbonyl (C=O) groups is 1. The summed E-state index contributed by atoms with van der Waals surface area (Å²) in [6, 6.07) is -0.641. The number of aryl methyl sites for hydroxylation is 1. The van der Waals surface area contributed by atoms with E-state index in [4.69, 9.17) is 5.11 Å². The predicted octanol–water partition coefficient (Wildman–Crippen LogP) is 0.486. The highest BCUT2D eigenvalue weighted by molar-refractivity contribution is 5.71. The van der Waals surface area contributed by atoms with Gasteiger partial charge in [-0.15, -0.1) is 5.10 Å². The highest BCUT2D eigenvalue weighted by Gasteiger charge is 2.14. The summed E-state index contributed by atoms with van der Waals surface area (Å²) in [5, 5.41) is 16.1. The van der Waals surface area contributed by atoms with Crippen LogP contribution in [0.15, 0.2) is 6.20 Å². The van der Waals surface area contributed by atoms with E-state index in [0.717, 1.165) is 12.1 Å². The molecule has 0 aliphatic carbocycles. The second-order valence-electron chi connectivity index (χ2n) is 2.56. The molecule has 5 nitrogen and oxygen atoms in total. The van der Waals surface area contributed by atoms with Gasteiger partial charge >= 0.3 is 5.97 Å². The molecule has 12 heavy (non-hydrogen) atoms. The quantitative estimate of drug-likeness (QED) is 0.714. The first-order valence-corrected chi connectivity index (χ1v) is 3.78. The van der Waals surface area contributed by atoms with E-state index < -0.39 is 12.0 Å². The van der Waals surface area contributed by atoms with Gasteiger partial charge in [-0.25, -0.2) is 9.48 Å². The van der Waals surface area contributed by atoms with Crippen molar-refractivity contribution in [1.82, 2.24) is 15.0 Å². The summed E-state index contributed by atoms with van der Waals surface area (Å²) >= 11 is 0. The summed E-state index contributed by atoms with van der Waals surface area (Å²) in [4.78, 5) is 10.5. The van der Waals surface area contributed by atoms with Gasteiger partial charge in [-0.1, -0.05) is 12.1 Å². The number of carboxylic acids is 1. The molecule has 1 atom stereocenters. The molecule has 0 bridgehead atoms. The number of hydrogen-bond donors (Lipinski definition) is 1. The molecule has 1 heterocycles. The van der Waals surface area contributed by atoms with Crippen LogP contribution in [0.4, 0.5) is 0 Å². The standard InChI is InChI=1S/C7H11N3O2/c1-3-6-4-10(9-8-6)5(2)7(11)12/h4-5H,3H2,1-2H3,(H,11,12). The molecule has 1 aromatic rings. The lowest BCUT2D eigenvalue weighted by Crippen LogP contribution is -2.15. The van der Waals surface area contributed by atoms with Crippen LogP contribution in [-0.4, -0.2) is 26.1 Å². The summed E-state index contributed by atoms with van der Waals surface area (Å²) in [6.45, 7) is 3.51. The van der Waals surface area contributed by atoms with Gasteiger partial charge in [0.2, 0.25) is 0 Å². The highest BCUT2D eigenvalue weighted by Crippen LogP contribution is 2.04. The van der Waals surface area contributed by atoms with E-state index >= 15 is 0 Å². The molecule has 0 amide bonds. The molecule has 0 aromatic carbocycles. The lowest BCUT2D eigenvalue weighted by atomic mass is 10.3. The summed E-state index contributed by atoms with van der Waals surface area (Å²) < 4.78 is 1.35. The van der Waals surface area contributed by atoms with Crippen molar-refractivity contribution in [2.24, 2.45) is 0 Å². The molecule has 66 valence electrons. The monoisotopic (exact) mass is 169 g/mol.